The maximum absolute atomic E-state index is 12.7. The summed E-state index contributed by atoms with van der Waals surface area (Å²) in [6.07, 6.45) is 0. The van der Waals surface area contributed by atoms with Crippen LogP contribution in [0.3, 0.4) is 0 Å². The number of aryl methyl sites for hydroxylation is 2. The number of nitrogens with two attached hydrogens (primary N) is 1. The van der Waals surface area contributed by atoms with Gasteiger partial charge >= 0.3 is 0 Å². The molecule has 0 unspecified atom stereocenters. The third-order valence-electron chi connectivity index (χ3n) is 5.80. The van der Waals surface area contributed by atoms with Gasteiger partial charge in [-0.15, -0.1) is 0 Å². The Bertz CT molecular complexity index is 1220. The first-order valence-electron chi connectivity index (χ1n) is 10.7. The van der Waals surface area contributed by atoms with Gasteiger partial charge in [0, 0.05) is 5.56 Å². The Balaban J connectivity index is 1.45. The van der Waals surface area contributed by atoms with Crippen LogP contribution in [0.15, 0.2) is 66.7 Å². The number of carbonyl (C=O) groups excluding carboxylic acids is 1. The highest BCUT2D eigenvalue weighted by Gasteiger charge is 2.18. The summed E-state index contributed by atoms with van der Waals surface area (Å²) in [6.45, 7) is 8.46. The summed E-state index contributed by atoms with van der Waals surface area (Å²) < 4.78 is 1.88. The van der Waals surface area contributed by atoms with Crippen molar-refractivity contribution in [3.05, 3.63) is 89.2 Å². The van der Waals surface area contributed by atoms with Crippen molar-refractivity contribution in [3.63, 3.8) is 0 Å². The Morgan fingerprint density at radius 2 is 1.71 bits per heavy atom. The number of carbonyl (C=O) groups is 1. The molecule has 0 radical (unpaired) electrons. The number of nitrogens with one attached hydrogen (secondary N) is 1. The molecule has 158 valence electrons. The number of quaternary nitrogens is 1. The second-order valence-corrected chi connectivity index (χ2v) is 8.14. The quantitative estimate of drug-likeness (QED) is 0.497. The van der Waals surface area contributed by atoms with Gasteiger partial charge in [0.15, 0.2) is 6.54 Å². The van der Waals surface area contributed by atoms with Gasteiger partial charge in [-0.25, -0.2) is 4.68 Å². The zero-order valence-electron chi connectivity index (χ0n) is 18.5. The standard InChI is InChI=1S/C26H28N4O/c1-17-12-14-22(15-13-17)30-20(4)26(19(3)29-30)28-25(31)16-27-18(2)23-11-7-9-21-8-5-6-10-24(21)23/h5-15,18,27H,16H2,1-4H3,(H,28,31)/p+1/t18-/m1/s1. The van der Waals surface area contributed by atoms with Gasteiger partial charge in [-0.05, 0) is 50.6 Å². The largest absolute Gasteiger partial charge is 0.332 e. The van der Waals surface area contributed by atoms with Gasteiger partial charge in [0.25, 0.3) is 5.91 Å². The molecule has 31 heavy (non-hydrogen) atoms. The van der Waals surface area contributed by atoms with Crippen molar-refractivity contribution in [1.82, 2.24) is 9.78 Å². The van der Waals surface area contributed by atoms with Crippen molar-refractivity contribution in [3.8, 4) is 5.69 Å². The molecule has 1 atom stereocenters. The summed E-state index contributed by atoms with van der Waals surface area (Å²) in [5, 5.41) is 12.2. The SMILES string of the molecule is Cc1ccc(-n2nc(C)c(NC(=O)C[NH2+][C@H](C)c3cccc4ccccc34)c2C)cc1. The van der Waals surface area contributed by atoms with Crippen molar-refractivity contribution in [2.75, 3.05) is 11.9 Å². The molecule has 5 heteroatoms. The zero-order chi connectivity index (χ0) is 22.0. The van der Waals surface area contributed by atoms with Crippen molar-refractivity contribution in [1.29, 1.82) is 0 Å². The average Bonchev–Trinajstić information content (AvgIpc) is 3.06. The molecule has 4 aromatic rings. The van der Waals surface area contributed by atoms with Crippen LogP contribution in [-0.2, 0) is 4.79 Å². The second kappa shape index (κ2) is 8.74. The molecular weight excluding hydrogens is 384 g/mol. The predicted octanol–water partition coefficient (Wildman–Crippen LogP) is 4.21. The summed E-state index contributed by atoms with van der Waals surface area (Å²) in [5.74, 6) is -0.0262. The molecular formula is C26H29N4O+. The summed E-state index contributed by atoms with van der Waals surface area (Å²) in [7, 11) is 0. The lowest BCUT2D eigenvalue weighted by Crippen LogP contribution is -2.86. The third-order valence-corrected chi connectivity index (χ3v) is 5.80. The van der Waals surface area contributed by atoms with Crippen LogP contribution in [-0.4, -0.2) is 22.2 Å². The Hall–Kier alpha value is -3.44. The monoisotopic (exact) mass is 413 g/mol. The maximum atomic E-state index is 12.7. The highest BCUT2D eigenvalue weighted by Crippen LogP contribution is 2.24. The first kappa shape index (κ1) is 20.8. The van der Waals surface area contributed by atoms with Gasteiger partial charge < -0.3 is 10.6 Å². The fourth-order valence-electron chi connectivity index (χ4n) is 4.01. The number of amides is 1. The molecule has 0 spiro atoms. The fourth-order valence-corrected chi connectivity index (χ4v) is 4.01. The minimum atomic E-state index is -0.0262. The zero-order valence-corrected chi connectivity index (χ0v) is 18.5. The van der Waals surface area contributed by atoms with Crippen molar-refractivity contribution in [2.45, 2.75) is 33.7 Å². The first-order chi connectivity index (χ1) is 14.9. The van der Waals surface area contributed by atoms with Gasteiger partial charge in [0.05, 0.1) is 22.8 Å². The molecule has 1 aromatic heterocycles. The van der Waals surface area contributed by atoms with E-state index in [2.05, 4.69) is 84.2 Å². The summed E-state index contributed by atoms with van der Waals surface area (Å²) >= 11 is 0. The summed E-state index contributed by atoms with van der Waals surface area (Å²) in [6, 6.07) is 23.1. The smallest absolute Gasteiger partial charge is 0.279 e. The highest BCUT2D eigenvalue weighted by atomic mass is 16.1. The van der Waals surface area contributed by atoms with Crippen molar-refractivity contribution >= 4 is 22.4 Å². The number of anilines is 1. The molecule has 0 aliphatic rings. The minimum absolute atomic E-state index is 0.0262. The molecule has 0 aliphatic carbocycles. The molecule has 0 saturated heterocycles. The van der Waals surface area contributed by atoms with E-state index in [0.29, 0.717) is 6.54 Å². The maximum Gasteiger partial charge on any atom is 0.279 e. The molecule has 4 rings (SSSR count). The lowest BCUT2D eigenvalue weighted by atomic mass is 10.00. The van der Waals surface area contributed by atoms with Crippen LogP contribution in [0.2, 0.25) is 0 Å². The van der Waals surface area contributed by atoms with Crippen molar-refractivity contribution in [2.24, 2.45) is 0 Å². The van der Waals surface area contributed by atoms with E-state index in [-0.39, 0.29) is 11.9 Å². The van der Waals surface area contributed by atoms with E-state index in [9.17, 15) is 4.79 Å². The Morgan fingerprint density at radius 1 is 1.00 bits per heavy atom. The van der Waals surface area contributed by atoms with Crippen molar-refractivity contribution < 1.29 is 10.1 Å². The number of hydrogen-bond acceptors (Lipinski definition) is 2. The predicted molar refractivity (Wildman–Crippen MR) is 126 cm³/mol. The van der Waals surface area contributed by atoms with Crippen LogP contribution in [0, 0.1) is 20.8 Å². The Morgan fingerprint density at radius 3 is 2.48 bits per heavy atom. The van der Waals surface area contributed by atoms with Crippen LogP contribution in [0.4, 0.5) is 5.69 Å². The number of rotatable bonds is 6. The molecule has 1 heterocycles. The lowest BCUT2D eigenvalue weighted by Gasteiger charge is -2.14. The lowest BCUT2D eigenvalue weighted by molar-refractivity contribution is -0.682. The molecule has 1 amide bonds. The van der Waals surface area contributed by atoms with E-state index in [4.69, 9.17) is 0 Å². The molecule has 0 aliphatic heterocycles. The van der Waals surface area contributed by atoms with Crippen LogP contribution < -0.4 is 10.6 Å². The molecule has 5 nitrogen and oxygen atoms in total. The van der Waals surface area contributed by atoms with Gasteiger partial charge in [-0.2, -0.15) is 5.10 Å². The average molecular weight is 414 g/mol. The summed E-state index contributed by atoms with van der Waals surface area (Å²) in [5.41, 5.74) is 5.96. The summed E-state index contributed by atoms with van der Waals surface area (Å²) in [4.78, 5) is 12.7. The number of fused-ring (bicyclic) bond motifs is 1. The first-order valence-corrected chi connectivity index (χ1v) is 10.7. The normalized spacial score (nSPS) is 12.1. The minimum Gasteiger partial charge on any atom is -0.332 e. The molecule has 3 N–H and O–H groups in total. The van der Waals surface area contributed by atoms with Gasteiger partial charge in [0.1, 0.15) is 6.04 Å². The van der Waals surface area contributed by atoms with Crippen LogP contribution >= 0.6 is 0 Å². The highest BCUT2D eigenvalue weighted by molar-refractivity contribution is 5.92. The van der Waals surface area contributed by atoms with Gasteiger partial charge in [-0.1, -0.05) is 60.2 Å². The van der Waals surface area contributed by atoms with E-state index in [1.165, 1.54) is 21.9 Å². The molecule has 0 bridgehead atoms. The number of aromatic nitrogens is 2. The number of benzene rings is 3. The van der Waals surface area contributed by atoms with E-state index >= 15 is 0 Å². The van der Waals surface area contributed by atoms with Crippen LogP contribution in [0.1, 0.15) is 35.5 Å². The van der Waals surface area contributed by atoms with Crippen LogP contribution in [0.5, 0.6) is 0 Å². The van der Waals surface area contributed by atoms with E-state index < -0.39 is 0 Å². The molecule has 0 fully saturated rings. The van der Waals surface area contributed by atoms with Gasteiger partial charge in [0.2, 0.25) is 0 Å². The Labute approximate surface area is 183 Å². The topological polar surface area (TPSA) is 63.5 Å². The number of nitrogens with zero attached hydrogens (tertiary/aromatic N) is 2. The molecule has 0 saturated carbocycles. The van der Waals surface area contributed by atoms with Crippen LogP contribution in [0.25, 0.3) is 16.5 Å². The van der Waals surface area contributed by atoms with Gasteiger partial charge in [-0.3, -0.25) is 4.79 Å². The third kappa shape index (κ3) is 4.37. The van der Waals surface area contributed by atoms with E-state index in [1.807, 2.05) is 30.7 Å². The van der Waals surface area contributed by atoms with E-state index in [1.54, 1.807) is 0 Å². The second-order valence-electron chi connectivity index (χ2n) is 8.14. The van der Waals surface area contributed by atoms with E-state index in [0.717, 1.165) is 22.8 Å². The number of hydrogen-bond donors (Lipinski definition) is 2. The molecule has 3 aromatic carbocycles. The Kier molecular flexibility index (Phi) is 5.87. The fraction of sp³-hybridized carbons (Fsp3) is 0.231.